The summed E-state index contributed by atoms with van der Waals surface area (Å²) in [6.45, 7) is 4.01. The minimum Gasteiger partial charge on any atom is -0.353 e. The maximum Gasteiger partial charge on any atom is 0.231 e. The molecule has 0 aliphatic heterocycles. The van der Waals surface area contributed by atoms with Gasteiger partial charge in [-0.05, 0) is 38.1 Å². The Kier molecular flexibility index (Phi) is 3.33. The molecule has 0 radical (unpaired) electrons. The van der Waals surface area contributed by atoms with Crippen LogP contribution in [0.4, 0.5) is 0 Å². The van der Waals surface area contributed by atoms with Crippen molar-refractivity contribution in [3.63, 3.8) is 0 Å². The molecule has 1 aromatic heterocycles. The third kappa shape index (κ3) is 2.29. The molecule has 2 nitrogen and oxygen atoms in total. The first kappa shape index (κ1) is 11.6. The van der Waals surface area contributed by atoms with Gasteiger partial charge in [-0.3, -0.25) is 4.79 Å². The summed E-state index contributed by atoms with van der Waals surface area (Å²) in [6.07, 6.45) is 4.80. The Hall–Kier alpha value is -0.830. The standard InChI is InChI=1S/C13H19NOS/c1-13(2,11-8-5-9-16-11)12(15)14-10-6-3-4-7-10/h5,8-10H,3-4,6-7H2,1-2H3,(H,14,15). The molecular formula is C13H19NOS. The van der Waals surface area contributed by atoms with Crippen LogP contribution >= 0.6 is 11.3 Å². The molecule has 1 saturated carbocycles. The van der Waals surface area contributed by atoms with Crippen molar-refractivity contribution in [1.29, 1.82) is 0 Å². The van der Waals surface area contributed by atoms with Crippen LogP contribution in [-0.4, -0.2) is 11.9 Å². The van der Waals surface area contributed by atoms with Gasteiger partial charge in [0.1, 0.15) is 0 Å². The molecular weight excluding hydrogens is 218 g/mol. The first-order valence-electron chi connectivity index (χ1n) is 5.95. The molecule has 0 bridgehead atoms. The van der Waals surface area contributed by atoms with Crippen LogP contribution in [0.5, 0.6) is 0 Å². The summed E-state index contributed by atoms with van der Waals surface area (Å²) in [4.78, 5) is 13.4. The van der Waals surface area contributed by atoms with E-state index < -0.39 is 5.41 Å². The quantitative estimate of drug-likeness (QED) is 0.860. The SMILES string of the molecule is CC(C)(C(=O)NC1CCCC1)c1cccs1. The van der Waals surface area contributed by atoms with Crippen LogP contribution < -0.4 is 5.32 Å². The molecule has 0 spiro atoms. The lowest BCUT2D eigenvalue weighted by atomic mass is 9.90. The monoisotopic (exact) mass is 237 g/mol. The summed E-state index contributed by atoms with van der Waals surface area (Å²) < 4.78 is 0. The van der Waals surface area contributed by atoms with E-state index in [0.29, 0.717) is 6.04 Å². The van der Waals surface area contributed by atoms with Crippen LogP contribution in [0, 0.1) is 0 Å². The van der Waals surface area contributed by atoms with Crippen LogP contribution in [0.1, 0.15) is 44.4 Å². The maximum atomic E-state index is 12.2. The fourth-order valence-electron chi connectivity index (χ4n) is 2.18. The Balaban J connectivity index is 2.02. The molecule has 16 heavy (non-hydrogen) atoms. The van der Waals surface area contributed by atoms with Crippen molar-refractivity contribution in [2.75, 3.05) is 0 Å². The van der Waals surface area contributed by atoms with E-state index in [4.69, 9.17) is 0 Å². The van der Waals surface area contributed by atoms with Crippen molar-refractivity contribution in [3.8, 4) is 0 Å². The lowest BCUT2D eigenvalue weighted by Gasteiger charge is -2.24. The normalized spacial score (nSPS) is 17.6. The van der Waals surface area contributed by atoms with Gasteiger partial charge in [-0.1, -0.05) is 18.9 Å². The van der Waals surface area contributed by atoms with Crippen molar-refractivity contribution in [2.45, 2.75) is 51.0 Å². The molecule has 88 valence electrons. The second-order valence-electron chi connectivity index (χ2n) is 5.06. The number of hydrogen-bond acceptors (Lipinski definition) is 2. The highest BCUT2D eigenvalue weighted by atomic mass is 32.1. The van der Waals surface area contributed by atoms with Crippen LogP contribution in [0.15, 0.2) is 17.5 Å². The highest BCUT2D eigenvalue weighted by Crippen LogP contribution is 2.28. The average Bonchev–Trinajstić information content (AvgIpc) is 2.89. The van der Waals surface area contributed by atoms with Gasteiger partial charge >= 0.3 is 0 Å². The van der Waals surface area contributed by atoms with E-state index in [9.17, 15) is 4.79 Å². The van der Waals surface area contributed by atoms with Gasteiger partial charge in [-0.25, -0.2) is 0 Å². The summed E-state index contributed by atoms with van der Waals surface area (Å²) in [5.74, 6) is 0.168. The molecule has 1 N–H and O–H groups in total. The third-order valence-corrected chi connectivity index (χ3v) is 4.59. The van der Waals surface area contributed by atoms with E-state index in [1.807, 2.05) is 31.4 Å². The van der Waals surface area contributed by atoms with Gasteiger partial charge in [0, 0.05) is 10.9 Å². The lowest BCUT2D eigenvalue weighted by Crippen LogP contribution is -2.43. The molecule has 2 rings (SSSR count). The summed E-state index contributed by atoms with van der Waals surface area (Å²) in [5.41, 5.74) is -0.392. The summed E-state index contributed by atoms with van der Waals surface area (Å²) >= 11 is 1.66. The molecule has 0 aromatic carbocycles. The van der Waals surface area contributed by atoms with Crippen molar-refractivity contribution in [1.82, 2.24) is 5.32 Å². The van der Waals surface area contributed by atoms with Crippen molar-refractivity contribution in [2.24, 2.45) is 0 Å². The smallest absolute Gasteiger partial charge is 0.231 e. The zero-order valence-corrected chi connectivity index (χ0v) is 10.8. The van der Waals surface area contributed by atoms with Crippen LogP contribution in [-0.2, 0) is 10.2 Å². The maximum absolute atomic E-state index is 12.2. The van der Waals surface area contributed by atoms with Gasteiger partial charge in [0.05, 0.1) is 5.41 Å². The fourth-order valence-corrected chi connectivity index (χ4v) is 3.03. The van der Waals surface area contributed by atoms with E-state index in [1.165, 1.54) is 12.8 Å². The zero-order valence-electron chi connectivity index (χ0n) is 9.95. The number of amides is 1. The second kappa shape index (κ2) is 4.58. The largest absolute Gasteiger partial charge is 0.353 e. The number of carbonyl (C=O) groups is 1. The number of carbonyl (C=O) groups excluding carboxylic acids is 1. The first-order chi connectivity index (χ1) is 7.60. The molecule has 0 atom stereocenters. The molecule has 0 saturated heterocycles. The molecule has 1 aliphatic rings. The second-order valence-corrected chi connectivity index (χ2v) is 6.00. The molecule has 0 unspecified atom stereocenters. The zero-order chi connectivity index (χ0) is 11.6. The van der Waals surface area contributed by atoms with Crippen molar-refractivity contribution >= 4 is 17.2 Å². The molecule has 1 aromatic rings. The summed E-state index contributed by atoms with van der Waals surface area (Å²) in [7, 11) is 0. The number of rotatable bonds is 3. The lowest BCUT2D eigenvalue weighted by molar-refractivity contribution is -0.126. The Labute approximate surface area is 101 Å². The van der Waals surface area contributed by atoms with Gasteiger partial charge in [0.15, 0.2) is 0 Å². The minimum absolute atomic E-state index is 0.168. The summed E-state index contributed by atoms with van der Waals surface area (Å²) in [6, 6.07) is 4.45. The van der Waals surface area contributed by atoms with Crippen LogP contribution in [0.3, 0.4) is 0 Å². The minimum atomic E-state index is -0.392. The van der Waals surface area contributed by atoms with Gasteiger partial charge in [0.2, 0.25) is 5.91 Å². The predicted octanol–water partition coefficient (Wildman–Crippen LogP) is 3.08. The average molecular weight is 237 g/mol. The number of nitrogens with one attached hydrogen (secondary N) is 1. The fraction of sp³-hybridized carbons (Fsp3) is 0.615. The Morgan fingerprint density at radius 1 is 1.44 bits per heavy atom. The van der Waals surface area contributed by atoms with Gasteiger partial charge in [0.25, 0.3) is 0 Å². The van der Waals surface area contributed by atoms with E-state index in [2.05, 4.69) is 5.32 Å². The molecule has 3 heteroatoms. The van der Waals surface area contributed by atoms with E-state index in [0.717, 1.165) is 17.7 Å². The topological polar surface area (TPSA) is 29.1 Å². The highest BCUT2D eigenvalue weighted by Gasteiger charge is 2.32. The van der Waals surface area contributed by atoms with Crippen molar-refractivity contribution < 1.29 is 4.79 Å². The van der Waals surface area contributed by atoms with E-state index in [-0.39, 0.29) is 5.91 Å². The van der Waals surface area contributed by atoms with Gasteiger partial charge < -0.3 is 5.32 Å². The molecule has 1 fully saturated rings. The Morgan fingerprint density at radius 2 is 2.12 bits per heavy atom. The molecule has 1 amide bonds. The first-order valence-corrected chi connectivity index (χ1v) is 6.83. The van der Waals surface area contributed by atoms with Crippen LogP contribution in [0.25, 0.3) is 0 Å². The highest BCUT2D eigenvalue weighted by molar-refractivity contribution is 7.10. The third-order valence-electron chi connectivity index (χ3n) is 3.40. The van der Waals surface area contributed by atoms with Gasteiger partial charge in [-0.15, -0.1) is 11.3 Å². The van der Waals surface area contributed by atoms with Crippen LogP contribution in [0.2, 0.25) is 0 Å². The van der Waals surface area contributed by atoms with E-state index in [1.54, 1.807) is 11.3 Å². The number of hydrogen-bond donors (Lipinski definition) is 1. The summed E-state index contributed by atoms with van der Waals surface area (Å²) in [5, 5.41) is 5.20. The van der Waals surface area contributed by atoms with Gasteiger partial charge in [-0.2, -0.15) is 0 Å². The molecule has 1 heterocycles. The van der Waals surface area contributed by atoms with Crippen molar-refractivity contribution in [3.05, 3.63) is 22.4 Å². The van der Waals surface area contributed by atoms with E-state index >= 15 is 0 Å². The predicted molar refractivity (Wildman–Crippen MR) is 67.7 cm³/mol. The molecule has 1 aliphatic carbocycles. The number of thiophene rings is 1. The Morgan fingerprint density at radius 3 is 2.69 bits per heavy atom. The Bertz CT molecular complexity index is 350.